The summed E-state index contributed by atoms with van der Waals surface area (Å²) in [6.07, 6.45) is 5.71. The number of aromatic nitrogens is 2. The number of halogens is 1. The lowest BCUT2D eigenvalue weighted by Crippen LogP contribution is -2.33. The molecule has 0 saturated heterocycles. The minimum Gasteiger partial charge on any atom is -0.314 e. The Labute approximate surface area is 118 Å². The topological polar surface area (TPSA) is 29.9 Å². The molecule has 18 heavy (non-hydrogen) atoms. The summed E-state index contributed by atoms with van der Waals surface area (Å²) in [6, 6.07) is 0.669. The average Bonchev–Trinajstić information content (AvgIpc) is 2.90. The van der Waals surface area contributed by atoms with Crippen LogP contribution in [0.1, 0.15) is 51.6 Å². The van der Waals surface area contributed by atoms with Crippen molar-refractivity contribution < 1.29 is 0 Å². The van der Waals surface area contributed by atoms with E-state index in [2.05, 4.69) is 51.8 Å². The molecular formula is C14H24BrN3. The van der Waals surface area contributed by atoms with Gasteiger partial charge in [0.25, 0.3) is 0 Å². The van der Waals surface area contributed by atoms with Crippen LogP contribution in [0.15, 0.2) is 10.7 Å². The van der Waals surface area contributed by atoms with E-state index in [1.165, 1.54) is 29.4 Å². The molecule has 0 radical (unpaired) electrons. The Morgan fingerprint density at radius 3 is 2.89 bits per heavy atom. The lowest BCUT2D eigenvalue weighted by Gasteiger charge is -2.22. The Morgan fingerprint density at radius 1 is 1.44 bits per heavy atom. The molecule has 3 atom stereocenters. The summed E-state index contributed by atoms with van der Waals surface area (Å²) < 4.78 is 3.32. The second kappa shape index (κ2) is 6.20. The SMILES string of the molecule is CCCNC1CCC(c2c(Br)cnn2CC)C1C. The largest absolute Gasteiger partial charge is 0.314 e. The molecule has 1 fully saturated rings. The fourth-order valence-electron chi connectivity index (χ4n) is 3.16. The molecule has 102 valence electrons. The minimum absolute atomic E-state index is 0.635. The smallest absolute Gasteiger partial charge is 0.0635 e. The van der Waals surface area contributed by atoms with Gasteiger partial charge in [0.05, 0.1) is 16.4 Å². The Hall–Kier alpha value is -0.350. The van der Waals surface area contributed by atoms with Crippen LogP contribution in [0.3, 0.4) is 0 Å². The van der Waals surface area contributed by atoms with E-state index in [-0.39, 0.29) is 0 Å². The van der Waals surface area contributed by atoms with E-state index < -0.39 is 0 Å². The van der Waals surface area contributed by atoms with Gasteiger partial charge < -0.3 is 5.32 Å². The lowest BCUT2D eigenvalue weighted by molar-refractivity contribution is 0.392. The maximum Gasteiger partial charge on any atom is 0.0635 e. The van der Waals surface area contributed by atoms with Crippen molar-refractivity contribution in [3.05, 3.63) is 16.4 Å². The van der Waals surface area contributed by atoms with E-state index in [9.17, 15) is 0 Å². The van der Waals surface area contributed by atoms with Crippen molar-refractivity contribution >= 4 is 15.9 Å². The molecule has 4 heteroatoms. The van der Waals surface area contributed by atoms with Gasteiger partial charge in [0, 0.05) is 18.5 Å². The number of hydrogen-bond acceptors (Lipinski definition) is 2. The molecule has 0 bridgehead atoms. The first-order chi connectivity index (χ1) is 8.69. The lowest BCUT2D eigenvalue weighted by atomic mass is 9.92. The molecule has 1 aromatic heterocycles. The highest BCUT2D eigenvalue weighted by Crippen LogP contribution is 2.42. The van der Waals surface area contributed by atoms with Crippen molar-refractivity contribution in [1.82, 2.24) is 15.1 Å². The summed E-state index contributed by atoms with van der Waals surface area (Å²) in [5.74, 6) is 1.33. The molecule has 1 aromatic rings. The van der Waals surface area contributed by atoms with E-state index in [1.54, 1.807) is 0 Å². The number of nitrogens with one attached hydrogen (secondary N) is 1. The molecule has 1 N–H and O–H groups in total. The molecule has 2 rings (SSSR count). The Kier molecular flexibility index (Phi) is 4.84. The van der Waals surface area contributed by atoms with Crippen LogP contribution < -0.4 is 5.32 Å². The second-order valence-corrected chi connectivity index (χ2v) is 6.15. The van der Waals surface area contributed by atoms with Crippen LogP contribution in [0.2, 0.25) is 0 Å². The van der Waals surface area contributed by atoms with Gasteiger partial charge in [-0.3, -0.25) is 4.68 Å². The van der Waals surface area contributed by atoms with Crippen molar-refractivity contribution in [1.29, 1.82) is 0 Å². The summed E-state index contributed by atoms with van der Waals surface area (Å²) in [4.78, 5) is 0. The van der Waals surface area contributed by atoms with Crippen LogP contribution in [0.4, 0.5) is 0 Å². The van der Waals surface area contributed by atoms with Crippen molar-refractivity contribution in [3.8, 4) is 0 Å². The van der Waals surface area contributed by atoms with Crippen LogP contribution in [-0.4, -0.2) is 22.4 Å². The van der Waals surface area contributed by atoms with Crippen molar-refractivity contribution in [2.24, 2.45) is 5.92 Å². The first kappa shape index (κ1) is 14.1. The minimum atomic E-state index is 0.635. The molecule has 1 heterocycles. The van der Waals surface area contributed by atoms with Crippen LogP contribution >= 0.6 is 15.9 Å². The molecule has 3 nitrogen and oxygen atoms in total. The van der Waals surface area contributed by atoms with Gasteiger partial charge in [-0.05, 0) is 54.6 Å². The third-order valence-electron chi connectivity index (χ3n) is 4.20. The first-order valence-corrected chi connectivity index (χ1v) is 7.92. The zero-order chi connectivity index (χ0) is 13.1. The van der Waals surface area contributed by atoms with Gasteiger partial charge in [0.2, 0.25) is 0 Å². The predicted molar refractivity (Wildman–Crippen MR) is 78.8 cm³/mol. The average molecular weight is 314 g/mol. The van der Waals surface area contributed by atoms with Crippen LogP contribution in [0.5, 0.6) is 0 Å². The molecule has 0 aliphatic heterocycles. The second-order valence-electron chi connectivity index (χ2n) is 5.30. The fraction of sp³-hybridized carbons (Fsp3) is 0.786. The van der Waals surface area contributed by atoms with Crippen LogP contribution in [0.25, 0.3) is 0 Å². The number of nitrogens with zero attached hydrogens (tertiary/aromatic N) is 2. The highest BCUT2D eigenvalue weighted by atomic mass is 79.9. The maximum atomic E-state index is 4.45. The quantitative estimate of drug-likeness (QED) is 0.901. The summed E-state index contributed by atoms with van der Waals surface area (Å²) in [7, 11) is 0. The predicted octanol–water partition coefficient (Wildman–Crippen LogP) is 3.55. The van der Waals surface area contributed by atoms with Crippen molar-refractivity contribution in [3.63, 3.8) is 0 Å². The Balaban J connectivity index is 2.12. The fourth-order valence-corrected chi connectivity index (χ4v) is 3.75. The number of aryl methyl sites for hydroxylation is 1. The van der Waals surface area contributed by atoms with Crippen molar-refractivity contribution in [2.75, 3.05) is 6.54 Å². The van der Waals surface area contributed by atoms with E-state index in [4.69, 9.17) is 0 Å². The van der Waals surface area contributed by atoms with Gasteiger partial charge in [-0.2, -0.15) is 5.10 Å². The normalized spacial score (nSPS) is 27.9. The van der Waals surface area contributed by atoms with E-state index in [0.29, 0.717) is 17.9 Å². The van der Waals surface area contributed by atoms with Gasteiger partial charge in [-0.15, -0.1) is 0 Å². The molecule has 0 aromatic carbocycles. The van der Waals surface area contributed by atoms with E-state index >= 15 is 0 Å². The Bertz CT molecular complexity index is 388. The first-order valence-electron chi connectivity index (χ1n) is 7.13. The summed E-state index contributed by atoms with van der Waals surface area (Å²) in [6.45, 7) is 8.86. The molecular weight excluding hydrogens is 290 g/mol. The molecule has 1 aliphatic carbocycles. The van der Waals surface area contributed by atoms with Gasteiger partial charge in [0.1, 0.15) is 0 Å². The number of rotatable bonds is 5. The summed E-state index contributed by atoms with van der Waals surface area (Å²) >= 11 is 3.66. The third-order valence-corrected chi connectivity index (χ3v) is 4.81. The molecule has 0 spiro atoms. The summed E-state index contributed by atoms with van der Waals surface area (Å²) in [5, 5.41) is 8.13. The van der Waals surface area contributed by atoms with Gasteiger partial charge in [-0.1, -0.05) is 13.8 Å². The zero-order valence-corrected chi connectivity index (χ0v) is 13.2. The van der Waals surface area contributed by atoms with E-state index in [0.717, 1.165) is 13.1 Å². The van der Waals surface area contributed by atoms with Gasteiger partial charge in [0.15, 0.2) is 0 Å². The summed E-state index contributed by atoms with van der Waals surface area (Å²) in [5.41, 5.74) is 1.39. The number of hydrogen-bond donors (Lipinski definition) is 1. The molecule has 3 unspecified atom stereocenters. The van der Waals surface area contributed by atoms with E-state index in [1.807, 2.05) is 6.20 Å². The van der Waals surface area contributed by atoms with Gasteiger partial charge in [-0.25, -0.2) is 0 Å². The van der Waals surface area contributed by atoms with Gasteiger partial charge >= 0.3 is 0 Å². The third kappa shape index (κ3) is 2.64. The molecule has 1 aliphatic rings. The monoisotopic (exact) mass is 313 g/mol. The van der Waals surface area contributed by atoms with Crippen LogP contribution in [0, 0.1) is 5.92 Å². The highest BCUT2D eigenvalue weighted by Gasteiger charge is 2.36. The maximum absolute atomic E-state index is 4.45. The highest BCUT2D eigenvalue weighted by molar-refractivity contribution is 9.10. The van der Waals surface area contributed by atoms with Crippen LogP contribution in [-0.2, 0) is 6.54 Å². The molecule has 1 saturated carbocycles. The van der Waals surface area contributed by atoms with Crippen molar-refractivity contribution in [2.45, 2.75) is 58.5 Å². The standard InChI is InChI=1S/C14H24BrN3/c1-4-8-16-13-7-6-11(10(13)3)14-12(15)9-17-18(14)5-2/h9-11,13,16H,4-8H2,1-3H3. The zero-order valence-electron chi connectivity index (χ0n) is 11.6. The molecule has 0 amide bonds. The Morgan fingerprint density at radius 2 is 2.22 bits per heavy atom.